The lowest BCUT2D eigenvalue weighted by Crippen LogP contribution is -2.30. The van der Waals surface area contributed by atoms with Gasteiger partial charge in [0.1, 0.15) is 0 Å². The first kappa shape index (κ1) is 18.2. The third-order valence-electron chi connectivity index (χ3n) is 3.49. The van der Waals surface area contributed by atoms with E-state index in [0.29, 0.717) is 5.56 Å². The second kappa shape index (κ2) is 7.59. The standard InChI is InChI=1S/C18H22N2O3S/c1-14(2)19-18(21)16-11-9-15(10-12-16)13-20(3)24(22,23)17-7-5-4-6-8-17/h4-12,14H,13H2,1-3H3,(H,19,21). The Kier molecular flexibility index (Phi) is 5.75. The molecule has 0 atom stereocenters. The minimum absolute atomic E-state index is 0.0688. The number of rotatable bonds is 6. The van der Waals surface area contributed by atoms with Crippen molar-refractivity contribution in [3.8, 4) is 0 Å². The van der Waals surface area contributed by atoms with Gasteiger partial charge < -0.3 is 5.32 Å². The number of amides is 1. The molecular formula is C18H22N2O3S. The number of carbonyl (C=O) groups excluding carboxylic acids is 1. The fourth-order valence-corrected chi connectivity index (χ4v) is 3.40. The van der Waals surface area contributed by atoms with Gasteiger partial charge in [0, 0.05) is 25.2 Å². The van der Waals surface area contributed by atoms with Crippen LogP contribution >= 0.6 is 0 Å². The van der Waals surface area contributed by atoms with E-state index in [0.717, 1.165) is 5.56 Å². The highest BCUT2D eigenvalue weighted by Crippen LogP contribution is 2.16. The molecule has 2 aromatic carbocycles. The number of hydrogen-bond donors (Lipinski definition) is 1. The third kappa shape index (κ3) is 4.43. The fraction of sp³-hybridized carbons (Fsp3) is 0.278. The summed E-state index contributed by atoms with van der Waals surface area (Å²) < 4.78 is 26.3. The van der Waals surface area contributed by atoms with E-state index in [1.165, 1.54) is 4.31 Å². The first-order valence-electron chi connectivity index (χ1n) is 7.72. The highest BCUT2D eigenvalue weighted by atomic mass is 32.2. The molecular weight excluding hydrogens is 324 g/mol. The number of nitrogens with zero attached hydrogens (tertiary/aromatic N) is 1. The van der Waals surface area contributed by atoms with E-state index in [2.05, 4.69) is 5.32 Å². The lowest BCUT2D eigenvalue weighted by molar-refractivity contribution is 0.0943. The molecule has 1 N–H and O–H groups in total. The van der Waals surface area contributed by atoms with Crippen molar-refractivity contribution >= 4 is 15.9 Å². The largest absolute Gasteiger partial charge is 0.350 e. The normalized spacial score (nSPS) is 11.7. The number of nitrogens with one attached hydrogen (secondary N) is 1. The van der Waals surface area contributed by atoms with Gasteiger partial charge in [-0.05, 0) is 43.7 Å². The van der Waals surface area contributed by atoms with Crippen LogP contribution < -0.4 is 5.32 Å². The van der Waals surface area contributed by atoms with Crippen LogP contribution in [0.15, 0.2) is 59.5 Å². The maximum absolute atomic E-state index is 12.5. The summed E-state index contributed by atoms with van der Waals surface area (Å²) in [4.78, 5) is 12.2. The Morgan fingerprint density at radius 3 is 2.17 bits per heavy atom. The van der Waals surface area contributed by atoms with E-state index in [1.807, 2.05) is 13.8 Å². The van der Waals surface area contributed by atoms with Crippen LogP contribution in [-0.2, 0) is 16.6 Å². The smallest absolute Gasteiger partial charge is 0.251 e. The minimum atomic E-state index is -3.53. The highest BCUT2D eigenvalue weighted by Gasteiger charge is 2.20. The van der Waals surface area contributed by atoms with E-state index in [1.54, 1.807) is 61.6 Å². The van der Waals surface area contributed by atoms with Crippen molar-refractivity contribution in [1.82, 2.24) is 9.62 Å². The number of benzene rings is 2. The quantitative estimate of drug-likeness (QED) is 0.874. The summed E-state index contributed by atoms with van der Waals surface area (Å²) in [6, 6.07) is 15.3. The molecule has 0 heterocycles. The Morgan fingerprint density at radius 2 is 1.62 bits per heavy atom. The van der Waals surface area contributed by atoms with Crippen molar-refractivity contribution in [2.45, 2.75) is 31.3 Å². The van der Waals surface area contributed by atoms with Gasteiger partial charge in [0.25, 0.3) is 5.91 Å². The van der Waals surface area contributed by atoms with Crippen molar-refractivity contribution in [1.29, 1.82) is 0 Å². The summed E-state index contributed by atoms with van der Waals surface area (Å²) in [7, 11) is -1.98. The van der Waals surface area contributed by atoms with Crippen molar-refractivity contribution in [2.24, 2.45) is 0 Å². The first-order valence-corrected chi connectivity index (χ1v) is 9.16. The molecule has 5 nitrogen and oxygen atoms in total. The molecule has 2 aromatic rings. The predicted octanol–water partition coefficient (Wildman–Crippen LogP) is 2.65. The van der Waals surface area contributed by atoms with Gasteiger partial charge in [-0.1, -0.05) is 30.3 Å². The Balaban J connectivity index is 2.10. The van der Waals surface area contributed by atoms with Gasteiger partial charge in [-0.25, -0.2) is 8.42 Å². The number of sulfonamides is 1. The molecule has 0 aliphatic rings. The third-order valence-corrected chi connectivity index (χ3v) is 5.31. The highest BCUT2D eigenvalue weighted by molar-refractivity contribution is 7.89. The van der Waals surface area contributed by atoms with Crippen LogP contribution in [0.5, 0.6) is 0 Å². The molecule has 0 aliphatic carbocycles. The maximum Gasteiger partial charge on any atom is 0.251 e. The molecule has 0 bridgehead atoms. The van der Waals surface area contributed by atoms with E-state index in [4.69, 9.17) is 0 Å². The van der Waals surface area contributed by atoms with Crippen LogP contribution in [0.4, 0.5) is 0 Å². The van der Waals surface area contributed by atoms with Crippen molar-refractivity contribution in [3.63, 3.8) is 0 Å². The van der Waals surface area contributed by atoms with Gasteiger partial charge in [0.05, 0.1) is 4.90 Å². The average molecular weight is 346 g/mol. The molecule has 0 aromatic heterocycles. The maximum atomic E-state index is 12.5. The van der Waals surface area contributed by atoms with Crippen LogP contribution in [-0.4, -0.2) is 31.7 Å². The van der Waals surface area contributed by atoms with Gasteiger partial charge in [0.2, 0.25) is 10.0 Å². The molecule has 128 valence electrons. The summed E-state index contributed by atoms with van der Waals surface area (Å²) in [6.45, 7) is 4.04. The van der Waals surface area contributed by atoms with Crippen LogP contribution in [0.25, 0.3) is 0 Å². The van der Waals surface area contributed by atoms with Gasteiger partial charge in [0.15, 0.2) is 0 Å². The van der Waals surface area contributed by atoms with Crippen LogP contribution in [0.2, 0.25) is 0 Å². The molecule has 0 spiro atoms. The molecule has 0 aliphatic heterocycles. The Hall–Kier alpha value is -2.18. The summed E-state index contributed by atoms with van der Waals surface area (Å²) in [5.41, 5.74) is 1.37. The molecule has 6 heteroatoms. The van der Waals surface area contributed by atoms with E-state index in [-0.39, 0.29) is 23.4 Å². The zero-order valence-corrected chi connectivity index (χ0v) is 14.9. The SMILES string of the molecule is CC(C)NC(=O)c1ccc(CN(C)S(=O)(=O)c2ccccc2)cc1. The molecule has 1 amide bonds. The van der Waals surface area contributed by atoms with Crippen molar-refractivity contribution in [3.05, 3.63) is 65.7 Å². The Labute approximate surface area is 143 Å². The second-order valence-corrected chi connectivity index (χ2v) is 7.94. The van der Waals surface area contributed by atoms with E-state index in [9.17, 15) is 13.2 Å². The Bertz CT molecular complexity index is 785. The zero-order valence-electron chi connectivity index (χ0n) is 14.1. The predicted molar refractivity (Wildman–Crippen MR) is 94.1 cm³/mol. The molecule has 0 radical (unpaired) electrons. The summed E-state index contributed by atoms with van der Waals surface area (Å²) in [5, 5.41) is 2.82. The zero-order chi connectivity index (χ0) is 17.7. The van der Waals surface area contributed by atoms with Gasteiger partial charge in [-0.15, -0.1) is 0 Å². The topological polar surface area (TPSA) is 66.5 Å². The molecule has 2 rings (SSSR count). The lowest BCUT2D eigenvalue weighted by Gasteiger charge is -2.17. The number of carbonyl (C=O) groups is 1. The molecule has 0 unspecified atom stereocenters. The summed E-state index contributed by atoms with van der Waals surface area (Å²) in [5.74, 6) is -0.137. The summed E-state index contributed by atoms with van der Waals surface area (Å²) >= 11 is 0. The molecule has 0 saturated heterocycles. The lowest BCUT2D eigenvalue weighted by atomic mass is 10.1. The van der Waals surface area contributed by atoms with Crippen LogP contribution in [0.3, 0.4) is 0 Å². The second-order valence-electron chi connectivity index (χ2n) is 5.90. The Morgan fingerprint density at radius 1 is 1.04 bits per heavy atom. The average Bonchev–Trinajstić information content (AvgIpc) is 2.55. The monoisotopic (exact) mass is 346 g/mol. The number of hydrogen-bond acceptors (Lipinski definition) is 3. The fourth-order valence-electron chi connectivity index (χ4n) is 2.22. The molecule has 0 saturated carbocycles. The van der Waals surface area contributed by atoms with Crippen LogP contribution in [0, 0.1) is 0 Å². The van der Waals surface area contributed by atoms with E-state index >= 15 is 0 Å². The van der Waals surface area contributed by atoms with Gasteiger partial charge in [-0.2, -0.15) is 4.31 Å². The van der Waals surface area contributed by atoms with Crippen molar-refractivity contribution < 1.29 is 13.2 Å². The first-order chi connectivity index (χ1) is 11.3. The van der Waals surface area contributed by atoms with E-state index < -0.39 is 10.0 Å². The van der Waals surface area contributed by atoms with Crippen LogP contribution in [0.1, 0.15) is 29.8 Å². The van der Waals surface area contributed by atoms with Gasteiger partial charge >= 0.3 is 0 Å². The molecule has 24 heavy (non-hydrogen) atoms. The van der Waals surface area contributed by atoms with Crippen molar-refractivity contribution in [2.75, 3.05) is 7.05 Å². The van der Waals surface area contributed by atoms with Gasteiger partial charge in [-0.3, -0.25) is 4.79 Å². The minimum Gasteiger partial charge on any atom is -0.350 e. The molecule has 0 fully saturated rings. The summed E-state index contributed by atoms with van der Waals surface area (Å²) in [6.07, 6.45) is 0.